The summed E-state index contributed by atoms with van der Waals surface area (Å²) in [6, 6.07) is 4.37. The molecule has 3 atom stereocenters. The Kier molecular flexibility index (Phi) is 6.01. The van der Waals surface area contributed by atoms with Crippen LogP contribution >= 0.6 is 11.6 Å². The molecule has 1 aromatic rings. The Balaban J connectivity index is 1.75. The van der Waals surface area contributed by atoms with E-state index in [2.05, 4.69) is 0 Å². The molecule has 2 heterocycles. The van der Waals surface area contributed by atoms with Crippen LogP contribution in [0.3, 0.4) is 0 Å². The lowest BCUT2D eigenvalue weighted by Crippen LogP contribution is -3.18. The van der Waals surface area contributed by atoms with Crippen LogP contribution in [0.5, 0.6) is 5.75 Å². The molecule has 0 aromatic heterocycles. The zero-order chi connectivity index (χ0) is 19.6. The summed E-state index contributed by atoms with van der Waals surface area (Å²) in [4.78, 5) is 39.8. The third-order valence-corrected chi connectivity index (χ3v) is 5.51. The van der Waals surface area contributed by atoms with E-state index in [1.807, 2.05) is 0 Å². The molecule has 2 aliphatic heterocycles. The molecule has 27 heavy (non-hydrogen) atoms. The molecule has 1 aromatic carbocycles. The summed E-state index contributed by atoms with van der Waals surface area (Å²) >= 11 is 6.14. The number of ether oxygens (including phenoxy) is 2. The SMILES string of the molecule is CCOC(=O)[C@@H]1CCC[NH+]([C@H]2CC(=O)N(c3ccc(OC)c(Cl)c3)C2=O)C1. The summed E-state index contributed by atoms with van der Waals surface area (Å²) < 4.78 is 10.2. The lowest BCUT2D eigenvalue weighted by Gasteiger charge is -2.31. The van der Waals surface area contributed by atoms with Crippen molar-refractivity contribution in [3.8, 4) is 5.75 Å². The number of piperidine rings is 1. The van der Waals surface area contributed by atoms with E-state index in [1.54, 1.807) is 25.1 Å². The highest BCUT2D eigenvalue weighted by Crippen LogP contribution is 2.31. The summed E-state index contributed by atoms with van der Waals surface area (Å²) in [7, 11) is 1.50. The van der Waals surface area contributed by atoms with E-state index in [-0.39, 0.29) is 30.1 Å². The molecule has 2 saturated heterocycles. The molecule has 2 fully saturated rings. The van der Waals surface area contributed by atoms with E-state index in [0.29, 0.717) is 29.6 Å². The molecule has 2 amide bonds. The van der Waals surface area contributed by atoms with Gasteiger partial charge in [0.2, 0.25) is 5.91 Å². The number of benzene rings is 1. The van der Waals surface area contributed by atoms with Gasteiger partial charge in [-0.05, 0) is 38.0 Å². The van der Waals surface area contributed by atoms with Crippen molar-refractivity contribution in [2.75, 3.05) is 31.7 Å². The highest BCUT2D eigenvalue weighted by atomic mass is 35.5. The summed E-state index contributed by atoms with van der Waals surface area (Å²) in [6.07, 6.45) is 1.72. The molecule has 2 aliphatic rings. The quantitative estimate of drug-likeness (QED) is 0.590. The fraction of sp³-hybridized carbons (Fsp3) is 0.526. The van der Waals surface area contributed by atoms with Gasteiger partial charge in [-0.3, -0.25) is 14.4 Å². The maximum atomic E-state index is 13.0. The number of hydrogen-bond acceptors (Lipinski definition) is 5. The Morgan fingerprint density at radius 2 is 2.15 bits per heavy atom. The van der Waals surface area contributed by atoms with Gasteiger partial charge in [-0.1, -0.05) is 11.6 Å². The fourth-order valence-electron chi connectivity index (χ4n) is 3.89. The number of nitrogens with one attached hydrogen (secondary N) is 1. The van der Waals surface area contributed by atoms with Gasteiger partial charge in [0.25, 0.3) is 5.91 Å². The smallest absolute Gasteiger partial charge is 0.314 e. The van der Waals surface area contributed by atoms with E-state index in [0.717, 1.165) is 24.3 Å². The van der Waals surface area contributed by atoms with E-state index in [1.165, 1.54) is 12.0 Å². The van der Waals surface area contributed by atoms with Gasteiger partial charge >= 0.3 is 5.97 Å². The number of halogens is 1. The summed E-state index contributed by atoms with van der Waals surface area (Å²) in [6.45, 7) is 3.40. The third kappa shape index (κ3) is 3.94. The summed E-state index contributed by atoms with van der Waals surface area (Å²) in [5.74, 6) is -0.459. The van der Waals surface area contributed by atoms with Crippen LogP contribution in [0, 0.1) is 5.92 Å². The number of quaternary nitrogens is 1. The van der Waals surface area contributed by atoms with Gasteiger partial charge in [0.15, 0.2) is 6.04 Å². The zero-order valence-electron chi connectivity index (χ0n) is 15.5. The Bertz CT molecular complexity index is 754. The minimum absolute atomic E-state index is 0.132. The Hall–Kier alpha value is -2.12. The van der Waals surface area contributed by atoms with E-state index in [4.69, 9.17) is 21.1 Å². The minimum Gasteiger partial charge on any atom is -0.495 e. The number of methoxy groups -OCH3 is 1. The Morgan fingerprint density at radius 1 is 1.37 bits per heavy atom. The van der Waals surface area contributed by atoms with Crippen LogP contribution in [0.25, 0.3) is 0 Å². The number of likely N-dealkylation sites (tertiary alicyclic amines) is 1. The largest absolute Gasteiger partial charge is 0.495 e. The first-order valence-electron chi connectivity index (χ1n) is 9.17. The number of rotatable bonds is 5. The first-order valence-corrected chi connectivity index (χ1v) is 9.55. The number of nitrogens with zero attached hydrogens (tertiary/aromatic N) is 1. The number of amides is 2. The van der Waals surface area contributed by atoms with Gasteiger partial charge in [0.1, 0.15) is 11.7 Å². The number of imide groups is 1. The molecule has 3 rings (SSSR count). The second kappa shape index (κ2) is 8.27. The highest BCUT2D eigenvalue weighted by molar-refractivity contribution is 6.32. The van der Waals surface area contributed by atoms with E-state index < -0.39 is 6.04 Å². The number of anilines is 1. The van der Waals surface area contributed by atoms with Crippen molar-refractivity contribution in [3.63, 3.8) is 0 Å². The molecule has 0 radical (unpaired) electrons. The molecule has 0 aliphatic carbocycles. The van der Waals surface area contributed by atoms with E-state index >= 15 is 0 Å². The van der Waals surface area contributed by atoms with Gasteiger partial charge in [0.05, 0.1) is 43.9 Å². The first-order chi connectivity index (χ1) is 13.0. The Labute approximate surface area is 163 Å². The highest BCUT2D eigenvalue weighted by Gasteiger charge is 2.47. The molecule has 8 heteroatoms. The van der Waals surface area contributed by atoms with Crippen molar-refractivity contribution < 1.29 is 28.8 Å². The zero-order valence-corrected chi connectivity index (χ0v) is 16.3. The molecular formula is C19H24ClN2O5+. The number of esters is 1. The maximum absolute atomic E-state index is 13.0. The number of carbonyl (C=O) groups is 3. The molecule has 0 bridgehead atoms. The average molecular weight is 396 g/mol. The predicted octanol–water partition coefficient (Wildman–Crippen LogP) is 0.839. The standard InChI is InChI=1S/C19H23ClN2O5/c1-3-27-19(25)12-5-4-8-21(11-12)15-10-17(23)22(18(15)24)13-6-7-16(26-2)14(20)9-13/h6-7,9,12,15H,3-5,8,10-11H2,1-2H3/p+1/t12-,15+/m1/s1. The van der Waals surface area contributed by atoms with Crippen LogP contribution < -0.4 is 14.5 Å². The molecular weight excluding hydrogens is 372 g/mol. The van der Waals surface area contributed by atoms with Gasteiger partial charge in [-0.25, -0.2) is 4.90 Å². The maximum Gasteiger partial charge on any atom is 0.314 e. The van der Waals surface area contributed by atoms with Crippen molar-refractivity contribution >= 4 is 35.1 Å². The number of carbonyl (C=O) groups excluding carboxylic acids is 3. The van der Waals surface area contributed by atoms with Crippen LogP contribution in [-0.4, -0.2) is 50.6 Å². The molecule has 1 N–H and O–H groups in total. The van der Waals surface area contributed by atoms with Crippen LogP contribution in [0.15, 0.2) is 18.2 Å². The van der Waals surface area contributed by atoms with Crippen LogP contribution in [0.2, 0.25) is 5.02 Å². The third-order valence-electron chi connectivity index (χ3n) is 5.21. The van der Waals surface area contributed by atoms with Gasteiger partial charge in [0, 0.05) is 0 Å². The minimum atomic E-state index is -0.476. The van der Waals surface area contributed by atoms with Crippen molar-refractivity contribution in [3.05, 3.63) is 23.2 Å². The normalized spacial score (nSPS) is 25.6. The summed E-state index contributed by atoms with van der Waals surface area (Å²) in [5, 5.41) is 0.340. The molecule has 1 unspecified atom stereocenters. The predicted molar refractivity (Wildman–Crippen MR) is 99.0 cm³/mol. The molecule has 0 spiro atoms. The monoisotopic (exact) mass is 395 g/mol. The lowest BCUT2D eigenvalue weighted by atomic mass is 9.96. The Morgan fingerprint density at radius 3 is 2.81 bits per heavy atom. The topological polar surface area (TPSA) is 77.3 Å². The lowest BCUT2D eigenvalue weighted by molar-refractivity contribution is -0.922. The second-order valence-electron chi connectivity index (χ2n) is 6.85. The average Bonchev–Trinajstić information content (AvgIpc) is 2.96. The van der Waals surface area contributed by atoms with Crippen LogP contribution in [0.4, 0.5) is 5.69 Å². The van der Waals surface area contributed by atoms with Crippen molar-refractivity contribution in [2.45, 2.75) is 32.2 Å². The van der Waals surface area contributed by atoms with Gasteiger partial charge in [-0.2, -0.15) is 0 Å². The molecule has 7 nitrogen and oxygen atoms in total. The second-order valence-corrected chi connectivity index (χ2v) is 7.25. The van der Waals surface area contributed by atoms with Crippen molar-refractivity contribution in [2.24, 2.45) is 5.92 Å². The van der Waals surface area contributed by atoms with Crippen LogP contribution in [-0.2, 0) is 19.1 Å². The van der Waals surface area contributed by atoms with E-state index in [9.17, 15) is 14.4 Å². The fourth-order valence-corrected chi connectivity index (χ4v) is 4.14. The molecule has 0 saturated carbocycles. The number of hydrogen-bond donors (Lipinski definition) is 1. The van der Waals surface area contributed by atoms with Gasteiger partial charge < -0.3 is 14.4 Å². The van der Waals surface area contributed by atoms with Gasteiger partial charge in [-0.15, -0.1) is 0 Å². The molecule has 146 valence electrons. The van der Waals surface area contributed by atoms with Crippen LogP contribution in [0.1, 0.15) is 26.2 Å². The van der Waals surface area contributed by atoms with Crippen molar-refractivity contribution in [1.29, 1.82) is 0 Å². The summed E-state index contributed by atoms with van der Waals surface area (Å²) in [5.41, 5.74) is 0.441. The van der Waals surface area contributed by atoms with Crippen molar-refractivity contribution in [1.82, 2.24) is 0 Å². The first kappa shape index (κ1) is 19.6.